The first-order valence-corrected chi connectivity index (χ1v) is 4.14. The van der Waals surface area contributed by atoms with E-state index < -0.39 is 24.3 Å². The molecule has 0 aromatic rings. The largest absolute Gasteiger partial charge is 0.460 e. The lowest BCUT2D eigenvalue weighted by Gasteiger charge is -2.30. The van der Waals surface area contributed by atoms with Crippen molar-refractivity contribution in [1.29, 1.82) is 0 Å². The van der Waals surface area contributed by atoms with Crippen molar-refractivity contribution < 1.29 is 19.7 Å². The maximum absolute atomic E-state index is 10.5. The Hall–Kier alpha value is -0.610. The molecule has 1 saturated carbocycles. The summed E-state index contributed by atoms with van der Waals surface area (Å²) < 4.78 is 4.82. The number of rotatable bonds is 1. The molecule has 4 heteroatoms. The van der Waals surface area contributed by atoms with Gasteiger partial charge in [0.05, 0.1) is 6.10 Å². The number of hydrogen-bond donors (Lipinski definition) is 2. The molecule has 0 amide bonds. The van der Waals surface area contributed by atoms with E-state index in [4.69, 9.17) is 4.74 Å². The first-order chi connectivity index (χ1) is 5.61. The van der Waals surface area contributed by atoms with Crippen LogP contribution in [0.5, 0.6) is 0 Å². The van der Waals surface area contributed by atoms with Gasteiger partial charge in [-0.05, 0) is 19.3 Å². The summed E-state index contributed by atoms with van der Waals surface area (Å²) in [7, 11) is 0. The van der Waals surface area contributed by atoms with Gasteiger partial charge in [-0.15, -0.1) is 0 Å². The van der Waals surface area contributed by atoms with Gasteiger partial charge in [0.15, 0.2) is 0 Å². The lowest BCUT2D eigenvalue weighted by molar-refractivity contribution is -0.162. The highest BCUT2D eigenvalue weighted by Crippen LogP contribution is 2.21. The molecule has 12 heavy (non-hydrogen) atoms. The van der Waals surface area contributed by atoms with Gasteiger partial charge in [0, 0.05) is 6.92 Å². The summed E-state index contributed by atoms with van der Waals surface area (Å²) in [4.78, 5) is 10.5. The Bertz CT molecular complexity index is 168. The molecule has 0 saturated heterocycles. The van der Waals surface area contributed by atoms with Gasteiger partial charge in [-0.25, -0.2) is 0 Å². The van der Waals surface area contributed by atoms with Gasteiger partial charge in [0.25, 0.3) is 0 Å². The van der Waals surface area contributed by atoms with Crippen LogP contribution >= 0.6 is 0 Å². The van der Waals surface area contributed by atoms with Gasteiger partial charge < -0.3 is 14.9 Å². The van der Waals surface area contributed by atoms with Crippen LogP contribution in [0.25, 0.3) is 0 Å². The molecule has 4 nitrogen and oxygen atoms in total. The molecule has 1 aliphatic carbocycles. The standard InChI is InChI=1S/C8H14O4/c1-5(9)12-7-4-2-3-6(10)8(7)11/h6-8,10-11H,2-4H2,1H3/t6-,7+,8+/m1/s1. The Morgan fingerprint density at radius 2 is 2.08 bits per heavy atom. The van der Waals surface area contributed by atoms with Gasteiger partial charge in [0.2, 0.25) is 0 Å². The molecule has 0 aromatic carbocycles. The van der Waals surface area contributed by atoms with Crippen molar-refractivity contribution in [1.82, 2.24) is 0 Å². The lowest BCUT2D eigenvalue weighted by Crippen LogP contribution is -2.43. The Morgan fingerprint density at radius 3 is 2.67 bits per heavy atom. The molecule has 1 rings (SSSR count). The zero-order chi connectivity index (χ0) is 9.14. The maximum Gasteiger partial charge on any atom is 0.302 e. The molecule has 0 heterocycles. The molecule has 70 valence electrons. The minimum absolute atomic E-state index is 0.409. The van der Waals surface area contributed by atoms with Crippen LogP contribution in [0.15, 0.2) is 0 Å². The molecule has 1 aliphatic rings. The normalized spacial score (nSPS) is 36.1. The quantitative estimate of drug-likeness (QED) is 0.541. The number of hydrogen-bond acceptors (Lipinski definition) is 4. The van der Waals surface area contributed by atoms with Gasteiger partial charge >= 0.3 is 5.97 Å². The van der Waals surface area contributed by atoms with E-state index in [2.05, 4.69) is 0 Å². The highest BCUT2D eigenvalue weighted by Gasteiger charge is 2.32. The lowest BCUT2D eigenvalue weighted by atomic mass is 9.92. The first kappa shape index (κ1) is 9.48. The number of aliphatic hydroxyl groups is 2. The number of aliphatic hydroxyl groups excluding tert-OH is 2. The Labute approximate surface area is 71.2 Å². The molecule has 0 bridgehead atoms. The summed E-state index contributed by atoms with van der Waals surface area (Å²) in [5.74, 6) is -0.409. The van der Waals surface area contributed by atoms with Gasteiger partial charge in [-0.1, -0.05) is 0 Å². The van der Waals surface area contributed by atoms with Crippen LogP contribution in [0.1, 0.15) is 26.2 Å². The Morgan fingerprint density at radius 1 is 1.42 bits per heavy atom. The first-order valence-electron chi connectivity index (χ1n) is 4.14. The summed E-state index contributed by atoms with van der Waals surface area (Å²) in [6, 6.07) is 0. The predicted octanol–water partition coefficient (Wildman–Crippen LogP) is -0.176. The van der Waals surface area contributed by atoms with Crippen molar-refractivity contribution in [3.8, 4) is 0 Å². The van der Waals surface area contributed by atoms with Crippen LogP contribution in [0.4, 0.5) is 0 Å². The van der Waals surface area contributed by atoms with Crippen LogP contribution in [-0.2, 0) is 9.53 Å². The fourth-order valence-electron chi connectivity index (χ4n) is 1.46. The molecular formula is C8H14O4. The molecule has 0 radical (unpaired) electrons. The molecule has 3 atom stereocenters. The molecule has 0 unspecified atom stereocenters. The second-order valence-electron chi connectivity index (χ2n) is 3.14. The highest BCUT2D eigenvalue weighted by atomic mass is 16.6. The summed E-state index contributed by atoms with van der Waals surface area (Å²) in [6.07, 6.45) is -0.176. The molecule has 2 N–H and O–H groups in total. The Balaban J connectivity index is 2.46. The van der Waals surface area contributed by atoms with Crippen LogP contribution in [-0.4, -0.2) is 34.5 Å². The summed E-state index contributed by atoms with van der Waals surface area (Å²) in [6.45, 7) is 1.30. The number of carbonyl (C=O) groups is 1. The third-order valence-corrected chi connectivity index (χ3v) is 2.08. The summed E-state index contributed by atoms with van der Waals surface area (Å²) >= 11 is 0. The molecule has 1 fully saturated rings. The van der Waals surface area contributed by atoms with Gasteiger partial charge in [0.1, 0.15) is 12.2 Å². The van der Waals surface area contributed by atoms with Crippen molar-refractivity contribution in [3.05, 3.63) is 0 Å². The van der Waals surface area contributed by atoms with Gasteiger partial charge in [-0.3, -0.25) is 4.79 Å². The van der Waals surface area contributed by atoms with Crippen LogP contribution < -0.4 is 0 Å². The van der Waals surface area contributed by atoms with E-state index in [-0.39, 0.29) is 0 Å². The third-order valence-electron chi connectivity index (χ3n) is 2.08. The fraction of sp³-hybridized carbons (Fsp3) is 0.875. The number of esters is 1. The summed E-state index contributed by atoms with van der Waals surface area (Å²) in [5.41, 5.74) is 0. The zero-order valence-corrected chi connectivity index (χ0v) is 7.06. The molecule has 0 aromatic heterocycles. The van der Waals surface area contributed by atoms with E-state index >= 15 is 0 Å². The van der Waals surface area contributed by atoms with E-state index in [0.29, 0.717) is 12.8 Å². The van der Waals surface area contributed by atoms with E-state index in [1.807, 2.05) is 0 Å². The minimum Gasteiger partial charge on any atom is -0.460 e. The van der Waals surface area contributed by atoms with Crippen molar-refractivity contribution in [2.45, 2.75) is 44.5 Å². The van der Waals surface area contributed by atoms with Crippen molar-refractivity contribution >= 4 is 5.97 Å². The molecular weight excluding hydrogens is 160 g/mol. The predicted molar refractivity (Wildman–Crippen MR) is 41.4 cm³/mol. The van der Waals surface area contributed by atoms with E-state index in [9.17, 15) is 15.0 Å². The smallest absolute Gasteiger partial charge is 0.302 e. The third kappa shape index (κ3) is 2.19. The van der Waals surface area contributed by atoms with E-state index in [0.717, 1.165) is 6.42 Å². The average Bonchev–Trinajstić information content (AvgIpc) is 1.98. The number of ether oxygens (including phenoxy) is 1. The number of carbonyl (C=O) groups excluding carboxylic acids is 1. The Kier molecular flexibility index (Phi) is 3.05. The van der Waals surface area contributed by atoms with Crippen molar-refractivity contribution in [2.75, 3.05) is 0 Å². The molecule has 0 aliphatic heterocycles. The van der Waals surface area contributed by atoms with Crippen LogP contribution in [0, 0.1) is 0 Å². The molecule has 0 spiro atoms. The minimum atomic E-state index is -0.914. The zero-order valence-electron chi connectivity index (χ0n) is 7.06. The second kappa shape index (κ2) is 3.87. The van der Waals surface area contributed by atoms with Gasteiger partial charge in [-0.2, -0.15) is 0 Å². The maximum atomic E-state index is 10.5. The average molecular weight is 174 g/mol. The fourth-order valence-corrected chi connectivity index (χ4v) is 1.46. The van der Waals surface area contributed by atoms with Crippen LogP contribution in [0.3, 0.4) is 0 Å². The topological polar surface area (TPSA) is 66.8 Å². The SMILES string of the molecule is CC(=O)O[C@H]1CCC[C@@H](O)[C@@H]1O. The highest BCUT2D eigenvalue weighted by molar-refractivity contribution is 5.66. The van der Waals surface area contributed by atoms with E-state index in [1.54, 1.807) is 0 Å². The monoisotopic (exact) mass is 174 g/mol. The second-order valence-corrected chi connectivity index (χ2v) is 3.14. The summed E-state index contributed by atoms with van der Waals surface area (Å²) in [5, 5.41) is 18.6. The van der Waals surface area contributed by atoms with Crippen molar-refractivity contribution in [3.63, 3.8) is 0 Å². The van der Waals surface area contributed by atoms with Crippen molar-refractivity contribution in [2.24, 2.45) is 0 Å². The van der Waals surface area contributed by atoms with E-state index in [1.165, 1.54) is 6.92 Å². The van der Waals surface area contributed by atoms with Crippen LogP contribution in [0.2, 0.25) is 0 Å².